The van der Waals surface area contributed by atoms with Crippen LogP contribution in [0.5, 0.6) is 0 Å². The van der Waals surface area contributed by atoms with E-state index < -0.39 is 0 Å². The summed E-state index contributed by atoms with van der Waals surface area (Å²) < 4.78 is 0. The van der Waals surface area contributed by atoms with Crippen LogP contribution in [0.4, 0.5) is 5.82 Å². The number of aromatic nitrogens is 1. The van der Waals surface area contributed by atoms with Crippen LogP contribution in [0.2, 0.25) is 0 Å². The molecule has 1 atom stereocenters. The number of rotatable bonds is 2. The molecule has 17 heavy (non-hydrogen) atoms. The van der Waals surface area contributed by atoms with Crippen molar-refractivity contribution in [3.8, 4) is 0 Å². The number of pyridine rings is 1. The third kappa shape index (κ3) is 2.15. The summed E-state index contributed by atoms with van der Waals surface area (Å²) in [5.41, 5.74) is 8.51. The van der Waals surface area contributed by atoms with Crippen LogP contribution in [0.15, 0.2) is 47.5 Å². The van der Waals surface area contributed by atoms with Gasteiger partial charge in [-0.25, -0.2) is 4.98 Å². The molecule has 2 aromatic rings. The molecular weight excluding hydrogens is 228 g/mol. The molecule has 3 heteroatoms. The zero-order chi connectivity index (χ0) is 11.7. The summed E-state index contributed by atoms with van der Waals surface area (Å²) in [6, 6.07) is 12.7. The van der Waals surface area contributed by atoms with Gasteiger partial charge < -0.3 is 5.73 Å². The van der Waals surface area contributed by atoms with Gasteiger partial charge in [-0.3, -0.25) is 0 Å². The molecular formula is C14H14N2S. The van der Waals surface area contributed by atoms with Crippen LogP contribution in [-0.4, -0.2) is 10.2 Å². The van der Waals surface area contributed by atoms with Gasteiger partial charge in [-0.05, 0) is 36.1 Å². The number of thioether (sulfide) groups is 1. The van der Waals surface area contributed by atoms with E-state index in [2.05, 4.69) is 35.3 Å². The maximum atomic E-state index is 5.88. The topological polar surface area (TPSA) is 38.9 Å². The monoisotopic (exact) mass is 242 g/mol. The first-order valence-corrected chi connectivity index (χ1v) is 6.65. The summed E-state index contributed by atoms with van der Waals surface area (Å²) in [7, 11) is 0. The van der Waals surface area contributed by atoms with Gasteiger partial charge in [-0.1, -0.05) is 24.3 Å². The van der Waals surface area contributed by atoms with Gasteiger partial charge in [-0.15, -0.1) is 11.8 Å². The molecule has 0 saturated heterocycles. The van der Waals surface area contributed by atoms with E-state index >= 15 is 0 Å². The maximum absolute atomic E-state index is 5.88. The van der Waals surface area contributed by atoms with Crippen molar-refractivity contribution in [1.82, 2.24) is 4.98 Å². The maximum Gasteiger partial charge on any atom is 0.126 e. The highest BCUT2D eigenvalue weighted by atomic mass is 32.2. The summed E-state index contributed by atoms with van der Waals surface area (Å²) in [5, 5.41) is 0.596. The molecule has 0 amide bonds. The Morgan fingerprint density at radius 1 is 1.24 bits per heavy atom. The summed E-state index contributed by atoms with van der Waals surface area (Å²) in [6.45, 7) is 0. The second-order valence-corrected chi connectivity index (χ2v) is 5.65. The largest absolute Gasteiger partial charge is 0.383 e. The van der Waals surface area contributed by atoms with Gasteiger partial charge in [0.2, 0.25) is 0 Å². The van der Waals surface area contributed by atoms with Crippen molar-refractivity contribution < 1.29 is 0 Å². The lowest BCUT2D eigenvalue weighted by Crippen LogP contribution is -2.08. The number of benzene rings is 1. The molecule has 0 bridgehead atoms. The molecule has 1 aromatic carbocycles. The predicted octanol–water partition coefficient (Wildman–Crippen LogP) is 2.92. The lowest BCUT2D eigenvalue weighted by atomic mass is 10.0. The Balaban J connectivity index is 1.76. The third-order valence-corrected chi connectivity index (χ3v) is 4.41. The fraction of sp³-hybridized carbons (Fsp3) is 0.214. The second kappa shape index (κ2) is 4.41. The molecule has 86 valence electrons. The summed E-state index contributed by atoms with van der Waals surface area (Å²) in [6.07, 6.45) is 3.88. The lowest BCUT2D eigenvalue weighted by molar-refractivity contribution is 0.855. The molecule has 0 radical (unpaired) electrons. The van der Waals surface area contributed by atoms with Gasteiger partial charge in [0, 0.05) is 16.3 Å². The lowest BCUT2D eigenvalue weighted by Gasteiger charge is -2.09. The van der Waals surface area contributed by atoms with Crippen molar-refractivity contribution in [1.29, 1.82) is 0 Å². The highest BCUT2D eigenvalue weighted by Gasteiger charge is 2.22. The highest BCUT2D eigenvalue weighted by Crippen LogP contribution is 2.38. The van der Waals surface area contributed by atoms with Gasteiger partial charge in [-0.2, -0.15) is 0 Å². The molecule has 0 spiro atoms. The molecule has 1 aliphatic heterocycles. The fourth-order valence-corrected chi connectivity index (χ4v) is 3.58. The Morgan fingerprint density at radius 2 is 2.12 bits per heavy atom. The highest BCUT2D eigenvalue weighted by molar-refractivity contribution is 8.00. The molecule has 1 unspecified atom stereocenters. The first-order valence-electron chi connectivity index (χ1n) is 5.77. The molecule has 1 aliphatic rings. The van der Waals surface area contributed by atoms with Crippen molar-refractivity contribution in [3.05, 3.63) is 53.7 Å². The Morgan fingerprint density at radius 3 is 2.94 bits per heavy atom. The van der Waals surface area contributed by atoms with Crippen molar-refractivity contribution >= 4 is 17.6 Å². The van der Waals surface area contributed by atoms with E-state index in [1.54, 1.807) is 6.20 Å². The normalized spacial score (nSPS) is 18.0. The van der Waals surface area contributed by atoms with Crippen molar-refractivity contribution in [2.75, 3.05) is 5.73 Å². The average molecular weight is 242 g/mol. The summed E-state index contributed by atoms with van der Waals surface area (Å²) in [4.78, 5) is 5.56. The minimum atomic E-state index is 0.596. The van der Waals surface area contributed by atoms with Crippen LogP contribution < -0.4 is 5.73 Å². The van der Waals surface area contributed by atoms with Gasteiger partial charge in [0.05, 0.1) is 0 Å². The standard InChI is InChI=1S/C14H14N2S/c15-14-11(5-3-7-16-14)9-12-8-10-4-1-2-6-13(10)17-12/h1-7,12H,8-9H2,(H2,15,16). The van der Waals surface area contributed by atoms with Crippen LogP contribution in [0.3, 0.4) is 0 Å². The van der Waals surface area contributed by atoms with E-state index in [9.17, 15) is 0 Å². The SMILES string of the molecule is Nc1ncccc1CC1Cc2ccccc2S1. The number of nitrogens with zero attached hydrogens (tertiary/aromatic N) is 1. The Bertz CT molecular complexity index is 514. The molecule has 0 fully saturated rings. The number of hydrogen-bond acceptors (Lipinski definition) is 3. The van der Waals surface area contributed by atoms with E-state index in [0.29, 0.717) is 11.1 Å². The molecule has 0 aliphatic carbocycles. The number of nitrogen functional groups attached to an aromatic ring is 1. The predicted molar refractivity (Wildman–Crippen MR) is 72.1 cm³/mol. The van der Waals surface area contributed by atoms with Gasteiger partial charge in [0.15, 0.2) is 0 Å². The third-order valence-electron chi connectivity index (χ3n) is 3.09. The van der Waals surface area contributed by atoms with E-state index in [0.717, 1.165) is 18.4 Å². The molecule has 1 aromatic heterocycles. The van der Waals surface area contributed by atoms with Crippen LogP contribution in [0.1, 0.15) is 11.1 Å². The molecule has 2 nitrogen and oxygen atoms in total. The first-order chi connectivity index (χ1) is 8.33. The van der Waals surface area contributed by atoms with Gasteiger partial charge >= 0.3 is 0 Å². The van der Waals surface area contributed by atoms with E-state index in [4.69, 9.17) is 5.73 Å². The molecule has 3 rings (SSSR count). The summed E-state index contributed by atoms with van der Waals surface area (Å²) in [5.74, 6) is 0.670. The molecule has 2 N–H and O–H groups in total. The molecule has 0 saturated carbocycles. The van der Waals surface area contributed by atoms with Gasteiger partial charge in [0.25, 0.3) is 0 Å². The Hall–Kier alpha value is -1.48. The van der Waals surface area contributed by atoms with Crippen LogP contribution in [0.25, 0.3) is 0 Å². The Labute approximate surface area is 105 Å². The van der Waals surface area contributed by atoms with Crippen molar-refractivity contribution in [3.63, 3.8) is 0 Å². The minimum absolute atomic E-state index is 0.596. The number of nitrogens with two attached hydrogens (primary N) is 1. The zero-order valence-corrected chi connectivity index (χ0v) is 10.3. The van der Waals surface area contributed by atoms with E-state index in [-0.39, 0.29) is 0 Å². The minimum Gasteiger partial charge on any atom is -0.383 e. The Kier molecular flexibility index (Phi) is 2.77. The van der Waals surface area contributed by atoms with Crippen LogP contribution >= 0.6 is 11.8 Å². The fourth-order valence-electron chi connectivity index (χ4n) is 2.24. The van der Waals surface area contributed by atoms with Crippen LogP contribution in [-0.2, 0) is 12.8 Å². The smallest absolute Gasteiger partial charge is 0.126 e. The van der Waals surface area contributed by atoms with Crippen molar-refractivity contribution in [2.45, 2.75) is 23.0 Å². The average Bonchev–Trinajstić information content (AvgIpc) is 2.74. The number of anilines is 1. The molecule has 2 heterocycles. The quantitative estimate of drug-likeness (QED) is 0.880. The van der Waals surface area contributed by atoms with Crippen molar-refractivity contribution in [2.24, 2.45) is 0 Å². The number of hydrogen-bond donors (Lipinski definition) is 1. The second-order valence-electron chi connectivity index (χ2n) is 4.30. The van der Waals surface area contributed by atoms with E-state index in [1.165, 1.54) is 10.5 Å². The number of fused-ring (bicyclic) bond motifs is 1. The van der Waals surface area contributed by atoms with Gasteiger partial charge in [0.1, 0.15) is 5.82 Å². The zero-order valence-electron chi connectivity index (χ0n) is 9.47. The van der Waals surface area contributed by atoms with E-state index in [1.807, 2.05) is 17.8 Å². The van der Waals surface area contributed by atoms with Crippen LogP contribution in [0, 0.1) is 0 Å². The first kappa shape index (κ1) is 10.7. The summed E-state index contributed by atoms with van der Waals surface area (Å²) >= 11 is 1.96.